The number of aliphatic hydroxyl groups is 1. The minimum atomic E-state index is -0.455. The van der Waals surface area contributed by atoms with Gasteiger partial charge in [-0.2, -0.15) is 5.26 Å². The molecule has 20 heavy (non-hydrogen) atoms. The predicted octanol–water partition coefficient (Wildman–Crippen LogP) is 3.52. The monoisotopic (exact) mass is 307 g/mol. The van der Waals surface area contributed by atoms with Crippen molar-refractivity contribution in [2.45, 2.75) is 19.4 Å². The molecule has 104 valence electrons. The van der Waals surface area contributed by atoms with E-state index < -0.39 is 5.54 Å². The Balaban J connectivity index is 2.29. The van der Waals surface area contributed by atoms with Crippen LogP contribution >= 0.6 is 22.9 Å². The third kappa shape index (κ3) is 3.28. The van der Waals surface area contributed by atoms with E-state index in [4.69, 9.17) is 16.9 Å². The molecule has 0 aliphatic rings. The normalized spacial score (nSPS) is 11.2. The summed E-state index contributed by atoms with van der Waals surface area (Å²) in [7, 11) is 0. The van der Waals surface area contributed by atoms with Crippen molar-refractivity contribution in [2.75, 3.05) is 11.9 Å². The zero-order valence-corrected chi connectivity index (χ0v) is 12.7. The van der Waals surface area contributed by atoms with E-state index in [-0.39, 0.29) is 6.61 Å². The highest BCUT2D eigenvalue weighted by atomic mass is 35.5. The maximum absolute atomic E-state index is 9.26. The predicted molar refractivity (Wildman–Crippen MR) is 82.1 cm³/mol. The Morgan fingerprint density at radius 1 is 1.40 bits per heavy atom. The molecule has 0 aliphatic carbocycles. The summed E-state index contributed by atoms with van der Waals surface area (Å²) in [5.41, 5.74) is 1.68. The Morgan fingerprint density at radius 2 is 2.05 bits per heavy atom. The molecule has 0 saturated carbocycles. The van der Waals surface area contributed by atoms with Gasteiger partial charge in [-0.1, -0.05) is 35.1 Å². The Kier molecular flexibility index (Phi) is 4.29. The average Bonchev–Trinajstić information content (AvgIpc) is 2.79. The van der Waals surface area contributed by atoms with Crippen LogP contribution in [0.2, 0.25) is 4.34 Å². The zero-order valence-electron chi connectivity index (χ0n) is 11.1. The Bertz CT molecular complexity index is 643. The molecule has 2 aromatic rings. The van der Waals surface area contributed by atoms with Crippen LogP contribution in [0.5, 0.6) is 0 Å². The molecule has 0 aliphatic heterocycles. The number of benzene rings is 1. The molecule has 6 heteroatoms. The highest BCUT2D eigenvalue weighted by molar-refractivity contribution is 7.20. The molecule has 0 saturated heterocycles. The van der Waals surface area contributed by atoms with Gasteiger partial charge in [-0.05, 0) is 26.0 Å². The van der Waals surface area contributed by atoms with Gasteiger partial charge in [0.2, 0.25) is 0 Å². The molecule has 1 aromatic heterocycles. The molecule has 0 bridgehead atoms. The largest absolute Gasteiger partial charge is 0.394 e. The Morgan fingerprint density at radius 3 is 2.60 bits per heavy atom. The number of hydrogen-bond donors (Lipinski definition) is 2. The van der Waals surface area contributed by atoms with Crippen LogP contribution in [-0.4, -0.2) is 22.2 Å². The summed E-state index contributed by atoms with van der Waals surface area (Å²) in [5.74, 6) is 0. The van der Waals surface area contributed by atoms with Crippen molar-refractivity contribution in [1.29, 1.82) is 5.26 Å². The lowest BCUT2D eigenvalue weighted by molar-refractivity contribution is 0.234. The number of halogens is 1. The number of nitrogens with zero attached hydrogens (tertiary/aromatic N) is 2. The van der Waals surface area contributed by atoms with Gasteiger partial charge >= 0.3 is 0 Å². The van der Waals surface area contributed by atoms with Crippen molar-refractivity contribution in [3.8, 4) is 17.3 Å². The van der Waals surface area contributed by atoms with E-state index in [2.05, 4.69) is 16.4 Å². The van der Waals surface area contributed by atoms with Crippen molar-refractivity contribution in [3.63, 3.8) is 0 Å². The second-order valence-corrected chi connectivity index (χ2v) is 6.60. The fourth-order valence-electron chi connectivity index (χ4n) is 1.56. The first-order valence-corrected chi connectivity index (χ1v) is 7.20. The molecule has 2 rings (SSSR count). The van der Waals surface area contributed by atoms with Crippen LogP contribution in [-0.2, 0) is 0 Å². The van der Waals surface area contributed by atoms with E-state index in [0.29, 0.717) is 20.7 Å². The number of rotatable bonds is 4. The first-order chi connectivity index (χ1) is 9.45. The second-order valence-electron chi connectivity index (χ2n) is 5.00. The lowest BCUT2D eigenvalue weighted by atomic mass is 10.1. The van der Waals surface area contributed by atoms with E-state index in [1.165, 1.54) is 11.3 Å². The molecule has 1 aromatic carbocycles. The van der Waals surface area contributed by atoms with E-state index in [0.717, 1.165) is 5.56 Å². The van der Waals surface area contributed by atoms with Crippen molar-refractivity contribution in [3.05, 3.63) is 34.2 Å². The van der Waals surface area contributed by atoms with Crippen molar-refractivity contribution >= 4 is 28.1 Å². The fourth-order valence-corrected chi connectivity index (χ4v) is 2.83. The summed E-state index contributed by atoms with van der Waals surface area (Å²) < 4.78 is 0.575. The third-order valence-corrected chi connectivity index (χ3v) is 3.88. The summed E-state index contributed by atoms with van der Waals surface area (Å²) in [4.78, 5) is 4.45. The highest BCUT2D eigenvalue weighted by Gasteiger charge is 2.19. The van der Waals surface area contributed by atoms with Crippen LogP contribution in [0.3, 0.4) is 0 Å². The van der Waals surface area contributed by atoms with Gasteiger partial charge in [-0.15, -0.1) is 0 Å². The molecular weight excluding hydrogens is 294 g/mol. The van der Waals surface area contributed by atoms with Crippen molar-refractivity contribution in [1.82, 2.24) is 4.98 Å². The number of thiazole rings is 1. The van der Waals surface area contributed by atoms with Gasteiger partial charge in [-0.25, -0.2) is 4.98 Å². The van der Waals surface area contributed by atoms with E-state index in [9.17, 15) is 5.11 Å². The van der Waals surface area contributed by atoms with E-state index in [1.807, 2.05) is 26.0 Å². The van der Waals surface area contributed by atoms with Gasteiger partial charge in [0.05, 0.1) is 23.8 Å². The summed E-state index contributed by atoms with van der Waals surface area (Å²) in [6, 6.07) is 9.18. The summed E-state index contributed by atoms with van der Waals surface area (Å²) in [5, 5.41) is 21.8. The zero-order chi connectivity index (χ0) is 14.8. The second kappa shape index (κ2) is 5.80. The quantitative estimate of drug-likeness (QED) is 0.907. The standard InChI is InChI=1S/C14H14ClN3OS/c1-14(2,8-19)18-13-17-11(12(15)20-13)10-5-3-9(7-16)4-6-10/h3-6,19H,8H2,1-2H3,(H,17,18). The first-order valence-electron chi connectivity index (χ1n) is 6.01. The third-order valence-electron chi connectivity index (χ3n) is 2.71. The minimum absolute atomic E-state index is 0.00357. The van der Waals surface area contributed by atoms with Crippen LogP contribution in [0.1, 0.15) is 19.4 Å². The average molecular weight is 308 g/mol. The molecule has 0 unspecified atom stereocenters. The maximum Gasteiger partial charge on any atom is 0.185 e. The summed E-state index contributed by atoms with van der Waals surface area (Å²) >= 11 is 7.54. The van der Waals surface area contributed by atoms with Crippen LogP contribution in [0.25, 0.3) is 11.3 Å². The smallest absolute Gasteiger partial charge is 0.185 e. The van der Waals surface area contributed by atoms with Gasteiger partial charge in [-0.3, -0.25) is 0 Å². The molecule has 2 N–H and O–H groups in total. The maximum atomic E-state index is 9.26. The molecule has 4 nitrogen and oxygen atoms in total. The van der Waals surface area contributed by atoms with E-state index >= 15 is 0 Å². The van der Waals surface area contributed by atoms with Gasteiger partial charge in [0, 0.05) is 5.56 Å². The first kappa shape index (κ1) is 14.8. The highest BCUT2D eigenvalue weighted by Crippen LogP contribution is 2.36. The van der Waals surface area contributed by atoms with Gasteiger partial charge in [0.25, 0.3) is 0 Å². The van der Waals surface area contributed by atoms with Crippen molar-refractivity contribution in [2.24, 2.45) is 0 Å². The minimum Gasteiger partial charge on any atom is -0.394 e. The Hall–Kier alpha value is -1.61. The number of nitriles is 1. The molecule has 0 spiro atoms. The molecular formula is C14H14ClN3OS. The molecule has 0 amide bonds. The molecule has 0 fully saturated rings. The van der Waals surface area contributed by atoms with Gasteiger partial charge in [0.1, 0.15) is 10.0 Å². The fraction of sp³-hybridized carbons (Fsp3) is 0.286. The summed E-state index contributed by atoms with van der Waals surface area (Å²) in [6.45, 7) is 3.75. The topological polar surface area (TPSA) is 68.9 Å². The lowest BCUT2D eigenvalue weighted by Gasteiger charge is -2.22. The molecule has 0 atom stereocenters. The van der Waals surface area contributed by atoms with E-state index in [1.54, 1.807) is 12.1 Å². The van der Waals surface area contributed by atoms with Crippen LogP contribution in [0, 0.1) is 11.3 Å². The van der Waals surface area contributed by atoms with Crippen LogP contribution in [0.4, 0.5) is 5.13 Å². The lowest BCUT2D eigenvalue weighted by Crippen LogP contribution is -2.34. The molecule has 0 radical (unpaired) electrons. The van der Waals surface area contributed by atoms with Gasteiger partial charge < -0.3 is 10.4 Å². The van der Waals surface area contributed by atoms with Crippen LogP contribution < -0.4 is 5.32 Å². The summed E-state index contributed by atoms with van der Waals surface area (Å²) in [6.07, 6.45) is 0. The van der Waals surface area contributed by atoms with Crippen molar-refractivity contribution < 1.29 is 5.11 Å². The number of hydrogen-bond acceptors (Lipinski definition) is 5. The molecule has 1 heterocycles. The number of anilines is 1. The van der Waals surface area contributed by atoms with Crippen LogP contribution in [0.15, 0.2) is 24.3 Å². The SMILES string of the molecule is CC(C)(CO)Nc1nc(-c2ccc(C#N)cc2)c(Cl)s1. The van der Waals surface area contributed by atoms with Gasteiger partial charge in [0.15, 0.2) is 5.13 Å². The number of nitrogens with one attached hydrogen (secondary N) is 1. The number of aromatic nitrogens is 1. The number of aliphatic hydroxyl groups excluding tert-OH is 1. The Labute approximate surface area is 126 Å².